The third kappa shape index (κ3) is 3.55. The Hall–Kier alpha value is -3.98. The number of aromatic amines is 1. The zero-order chi connectivity index (χ0) is 21.2. The quantitative estimate of drug-likeness (QED) is 0.314. The summed E-state index contributed by atoms with van der Waals surface area (Å²) in [6, 6.07) is 29.2. The van der Waals surface area contributed by atoms with Gasteiger partial charge in [0.1, 0.15) is 11.5 Å². The first-order valence-corrected chi connectivity index (χ1v) is 10.3. The molecule has 0 fully saturated rings. The van der Waals surface area contributed by atoms with Crippen molar-refractivity contribution in [3.05, 3.63) is 96.1 Å². The molecule has 1 aromatic heterocycles. The molecule has 0 unspecified atom stereocenters. The molecular formula is C28H23NO2. The van der Waals surface area contributed by atoms with E-state index in [-0.39, 0.29) is 0 Å². The van der Waals surface area contributed by atoms with Crippen LogP contribution in [0.5, 0.6) is 11.5 Å². The van der Waals surface area contributed by atoms with Crippen LogP contribution in [0.15, 0.2) is 84.9 Å². The molecule has 5 rings (SSSR count). The minimum atomic E-state index is 0.852. The Morgan fingerprint density at radius 2 is 1.32 bits per heavy atom. The maximum Gasteiger partial charge on any atom is 0.118 e. The van der Waals surface area contributed by atoms with Gasteiger partial charge in [-0.25, -0.2) is 0 Å². The number of methoxy groups -OCH3 is 2. The van der Waals surface area contributed by atoms with Gasteiger partial charge in [-0.2, -0.15) is 0 Å². The average molecular weight is 405 g/mol. The Morgan fingerprint density at radius 1 is 0.645 bits per heavy atom. The van der Waals surface area contributed by atoms with E-state index in [2.05, 4.69) is 77.8 Å². The van der Waals surface area contributed by atoms with E-state index in [9.17, 15) is 0 Å². The molecule has 0 atom stereocenters. The highest BCUT2D eigenvalue weighted by Gasteiger charge is 2.13. The number of rotatable bonds is 5. The van der Waals surface area contributed by atoms with Crippen LogP contribution in [0.2, 0.25) is 0 Å². The summed E-state index contributed by atoms with van der Waals surface area (Å²) in [6.07, 6.45) is 4.32. The highest BCUT2D eigenvalue weighted by Crippen LogP contribution is 2.38. The zero-order valence-corrected chi connectivity index (χ0v) is 17.6. The maximum atomic E-state index is 5.37. The summed E-state index contributed by atoms with van der Waals surface area (Å²) in [5.41, 5.74) is 6.93. The lowest BCUT2D eigenvalue weighted by molar-refractivity contribution is 0.414. The van der Waals surface area contributed by atoms with Gasteiger partial charge in [0.25, 0.3) is 0 Å². The highest BCUT2D eigenvalue weighted by atomic mass is 16.5. The number of ether oxygens (including phenoxy) is 2. The molecule has 31 heavy (non-hydrogen) atoms. The van der Waals surface area contributed by atoms with Crippen LogP contribution in [0, 0.1) is 0 Å². The number of aromatic nitrogens is 1. The minimum Gasteiger partial charge on any atom is -0.497 e. The summed E-state index contributed by atoms with van der Waals surface area (Å²) in [4.78, 5) is 3.56. The second kappa shape index (κ2) is 8.04. The molecule has 0 amide bonds. The van der Waals surface area contributed by atoms with Crippen molar-refractivity contribution in [1.29, 1.82) is 0 Å². The third-order valence-electron chi connectivity index (χ3n) is 5.65. The molecule has 4 aromatic carbocycles. The standard InChI is InChI=1S/C28H23NO2/c1-30-22-14-8-19(9-15-22)7-10-20-13-18-26-28(24-5-3-4-6-25(24)29-26)27(20)21-11-16-23(31-2)17-12-21/h3-18,29H,1-2H3. The molecule has 0 saturated carbocycles. The molecule has 1 heterocycles. The molecule has 0 bridgehead atoms. The molecular weight excluding hydrogens is 382 g/mol. The summed E-state index contributed by atoms with van der Waals surface area (Å²) >= 11 is 0. The van der Waals surface area contributed by atoms with Crippen molar-refractivity contribution >= 4 is 34.0 Å². The zero-order valence-electron chi connectivity index (χ0n) is 17.6. The fourth-order valence-electron chi connectivity index (χ4n) is 4.07. The van der Waals surface area contributed by atoms with E-state index in [0.717, 1.165) is 33.7 Å². The van der Waals surface area contributed by atoms with Crippen molar-refractivity contribution < 1.29 is 9.47 Å². The van der Waals surface area contributed by atoms with Crippen molar-refractivity contribution in [3.63, 3.8) is 0 Å². The smallest absolute Gasteiger partial charge is 0.118 e. The maximum absolute atomic E-state index is 5.37. The number of para-hydroxylation sites is 1. The molecule has 3 nitrogen and oxygen atoms in total. The van der Waals surface area contributed by atoms with E-state index in [1.165, 1.54) is 21.9 Å². The molecule has 152 valence electrons. The van der Waals surface area contributed by atoms with Gasteiger partial charge in [-0.1, -0.05) is 60.7 Å². The van der Waals surface area contributed by atoms with Gasteiger partial charge >= 0.3 is 0 Å². The Morgan fingerprint density at radius 3 is 2.03 bits per heavy atom. The second-order valence-electron chi connectivity index (χ2n) is 7.46. The minimum absolute atomic E-state index is 0.852. The van der Waals surface area contributed by atoms with Crippen LogP contribution in [-0.4, -0.2) is 19.2 Å². The summed E-state index contributed by atoms with van der Waals surface area (Å²) in [5, 5.41) is 2.46. The lowest BCUT2D eigenvalue weighted by Gasteiger charge is -2.11. The van der Waals surface area contributed by atoms with Gasteiger partial charge in [0, 0.05) is 21.8 Å². The molecule has 0 aliphatic rings. The summed E-state index contributed by atoms with van der Waals surface area (Å²) in [7, 11) is 3.38. The van der Waals surface area contributed by atoms with Gasteiger partial charge in [0.15, 0.2) is 0 Å². The van der Waals surface area contributed by atoms with Gasteiger partial charge in [0.05, 0.1) is 14.2 Å². The number of hydrogen-bond donors (Lipinski definition) is 1. The topological polar surface area (TPSA) is 34.2 Å². The average Bonchev–Trinajstić information content (AvgIpc) is 3.21. The van der Waals surface area contributed by atoms with Crippen LogP contribution in [0.4, 0.5) is 0 Å². The van der Waals surface area contributed by atoms with E-state index in [4.69, 9.17) is 9.47 Å². The van der Waals surface area contributed by atoms with Crippen molar-refractivity contribution in [3.8, 4) is 22.6 Å². The molecule has 0 aliphatic carbocycles. The van der Waals surface area contributed by atoms with E-state index < -0.39 is 0 Å². The molecule has 0 spiro atoms. The van der Waals surface area contributed by atoms with Crippen LogP contribution >= 0.6 is 0 Å². The summed E-state index contributed by atoms with van der Waals surface area (Å²) < 4.78 is 10.6. The molecule has 0 radical (unpaired) electrons. The van der Waals surface area contributed by atoms with Crippen LogP contribution in [0.25, 0.3) is 45.1 Å². The van der Waals surface area contributed by atoms with Gasteiger partial charge in [-0.15, -0.1) is 0 Å². The predicted molar refractivity (Wildman–Crippen MR) is 130 cm³/mol. The van der Waals surface area contributed by atoms with Gasteiger partial charge in [0.2, 0.25) is 0 Å². The lowest BCUT2D eigenvalue weighted by atomic mass is 9.93. The number of nitrogens with one attached hydrogen (secondary N) is 1. The number of H-pyrrole nitrogens is 1. The second-order valence-corrected chi connectivity index (χ2v) is 7.46. The molecule has 0 aliphatic heterocycles. The van der Waals surface area contributed by atoms with Crippen LogP contribution in [0.3, 0.4) is 0 Å². The Kier molecular flexibility index (Phi) is 4.93. The lowest BCUT2D eigenvalue weighted by Crippen LogP contribution is -1.87. The fourth-order valence-corrected chi connectivity index (χ4v) is 4.07. The first kappa shape index (κ1) is 19.0. The largest absolute Gasteiger partial charge is 0.497 e. The van der Waals surface area contributed by atoms with E-state index >= 15 is 0 Å². The Bertz CT molecular complexity index is 1380. The monoisotopic (exact) mass is 405 g/mol. The van der Waals surface area contributed by atoms with Crippen molar-refractivity contribution in [2.24, 2.45) is 0 Å². The Labute approximate surface area is 181 Å². The van der Waals surface area contributed by atoms with Gasteiger partial charge in [-0.05, 0) is 58.7 Å². The first-order chi connectivity index (χ1) is 15.3. The van der Waals surface area contributed by atoms with Gasteiger partial charge < -0.3 is 14.5 Å². The van der Waals surface area contributed by atoms with E-state index in [0.29, 0.717) is 0 Å². The Balaban J connectivity index is 1.71. The van der Waals surface area contributed by atoms with Crippen molar-refractivity contribution in [2.45, 2.75) is 0 Å². The summed E-state index contributed by atoms with van der Waals surface area (Å²) in [6.45, 7) is 0. The fraction of sp³-hybridized carbons (Fsp3) is 0.0714. The molecule has 1 N–H and O–H groups in total. The number of fused-ring (bicyclic) bond motifs is 3. The highest BCUT2D eigenvalue weighted by molar-refractivity contribution is 6.16. The normalized spacial score (nSPS) is 11.4. The first-order valence-electron chi connectivity index (χ1n) is 10.3. The van der Waals surface area contributed by atoms with E-state index in [1.54, 1.807) is 14.2 Å². The van der Waals surface area contributed by atoms with Crippen LogP contribution < -0.4 is 9.47 Å². The number of hydrogen-bond acceptors (Lipinski definition) is 2. The summed E-state index contributed by atoms with van der Waals surface area (Å²) in [5.74, 6) is 1.71. The van der Waals surface area contributed by atoms with Crippen molar-refractivity contribution in [1.82, 2.24) is 4.98 Å². The van der Waals surface area contributed by atoms with Crippen molar-refractivity contribution in [2.75, 3.05) is 14.2 Å². The third-order valence-corrected chi connectivity index (χ3v) is 5.65. The SMILES string of the molecule is COc1ccc(C=Cc2ccc3[nH]c4ccccc4c3c2-c2ccc(OC)cc2)cc1. The number of benzene rings is 4. The molecule has 0 saturated heterocycles. The van der Waals surface area contributed by atoms with Crippen LogP contribution in [-0.2, 0) is 0 Å². The van der Waals surface area contributed by atoms with E-state index in [1.807, 2.05) is 24.3 Å². The van der Waals surface area contributed by atoms with Crippen LogP contribution in [0.1, 0.15) is 11.1 Å². The van der Waals surface area contributed by atoms with Gasteiger partial charge in [-0.3, -0.25) is 0 Å². The molecule has 3 heteroatoms. The predicted octanol–water partition coefficient (Wildman–Crippen LogP) is 7.18. The molecule has 5 aromatic rings.